The van der Waals surface area contributed by atoms with E-state index in [1.54, 1.807) is 75.3 Å². The summed E-state index contributed by atoms with van der Waals surface area (Å²) in [5, 5.41) is 0.729. The molecular formula is C35H32FN3O6. The van der Waals surface area contributed by atoms with Crippen LogP contribution in [-0.2, 0) is 17.7 Å². The van der Waals surface area contributed by atoms with Crippen molar-refractivity contribution in [3.8, 4) is 34.1 Å². The molecule has 1 fully saturated rings. The molecule has 0 unspecified atom stereocenters. The van der Waals surface area contributed by atoms with Crippen LogP contribution in [0.5, 0.6) is 23.0 Å². The molecule has 0 N–H and O–H groups in total. The minimum Gasteiger partial charge on any atom is -0.493 e. The molecule has 0 bridgehead atoms. The zero-order valence-electron chi connectivity index (χ0n) is 25.0. The maximum atomic E-state index is 13.6. The van der Waals surface area contributed by atoms with Gasteiger partial charge in [-0.2, -0.15) is 0 Å². The fraction of sp³-hybridized carbons (Fsp3) is 0.257. The second-order valence-corrected chi connectivity index (χ2v) is 10.9. The number of rotatable bonds is 10. The van der Waals surface area contributed by atoms with Crippen molar-refractivity contribution < 1.29 is 28.1 Å². The van der Waals surface area contributed by atoms with Crippen molar-refractivity contribution in [3.05, 3.63) is 107 Å². The van der Waals surface area contributed by atoms with Crippen LogP contribution in [0.25, 0.3) is 22.0 Å². The Bertz CT molecular complexity index is 1880. The summed E-state index contributed by atoms with van der Waals surface area (Å²) in [6.45, 7) is 2.02. The molecule has 0 saturated carbocycles. The Morgan fingerprint density at radius 2 is 1.71 bits per heavy atom. The first-order valence-electron chi connectivity index (χ1n) is 14.7. The Kier molecular flexibility index (Phi) is 8.84. The molecule has 5 aromatic rings. The zero-order chi connectivity index (χ0) is 31.3. The van der Waals surface area contributed by atoms with E-state index >= 15 is 0 Å². The lowest BCUT2D eigenvalue weighted by molar-refractivity contribution is 0.0612. The van der Waals surface area contributed by atoms with Gasteiger partial charge in [0, 0.05) is 61.1 Å². The summed E-state index contributed by atoms with van der Waals surface area (Å²) in [4.78, 5) is 36.0. The van der Waals surface area contributed by atoms with Crippen LogP contribution in [0.3, 0.4) is 0 Å². The van der Waals surface area contributed by atoms with Gasteiger partial charge in [-0.3, -0.25) is 19.6 Å². The lowest BCUT2D eigenvalue weighted by atomic mass is 9.98. The number of methoxy groups -OCH3 is 2. The fourth-order valence-electron chi connectivity index (χ4n) is 5.50. The van der Waals surface area contributed by atoms with Crippen LogP contribution >= 0.6 is 0 Å². The van der Waals surface area contributed by atoms with Crippen molar-refractivity contribution in [2.75, 3.05) is 27.4 Å². The molecule has 0 atom stereocenters. The molecular weight excluding hydrogens is 577 g/mol. The van der Waals surface area contributed by atoms with E-state index in [4.69, 9.17) is 18.9 Å². The average Bonchev–Trinajstić information content (AvgIpc) is 3.06. The van der Waals surface area contributed by atoms with Gasteiger partial charge in [0.2, 0.25) is 0 Å². The summed E-state index contributed by atoms with van der Waals surface area (Å²) >= 11 is 0. The third kappa shape index (κ3) is 6.71. The molecule has 1 aliphatic heterocycles. The van der Waals surface area contributed by atoms with E-state index in [0.29, 0.717) is 71.0 Å². The van der Waals surface area contributed by atoms with Crippen molar-refractivity contribution in [2.45, 2.75) is 25.8 Å². The minimum absolute atomic E-state index is 0.0682. The molecule has 3 aromatic heterocycles. The van der Waals surface area contributed by atoms with Crippen LogP contribution in [-0.4, -0.2) is 47.8 Å². The number of halogens is 1. The standard InChI is InChI=1S/C35H32FN3O6/c1-42-33-16-27-30(17-34(33)43-2)37-12-9-32(27)45-26-8-7-25(38-18-26)15-31(40)29-21-39(19-22-10-13-44-14-11-22)20-28(35(29)41)23-3-5-24(36)6-4-23/h3-9,12,16-18,20-22H,10-11,13-15,19H2,1-2H3. The molecule has 1 saturated heterocycles. The molecule has 6 rings (SSSR count). The van der Waals surface area contributed by atoms with E-state index in [9.17, 15) is 14.0 Å². The molecule has 45 heavy (non-hydrogen) atoms. The van der Waals surface area contributed by atoms with Gasteiger partial charge in [-0.15, -0.1) is 0 Å². The van der Waals surface area contributed by atoms with Crippen molar-refractivity contribution in [2.24, 2.45) is 5.92 Å². The Morgan fingerprint density at radius 1 is 0.956 bits per heavy atom. The van der Waals surface area contributed by atoms with E-state index < -0.39 is 11.2 Å². The topological polar surface area (TPSA) is 102 Å². The maximum absolute atomic E-state index is 13.6. The van der Waals surface area contributed by atoms with Gasteiger partial charge in [0.05, 0.1) is 37.9 Å². The number of benzene rings is 2. The average molecular weight is 610 g/mol. The second kappa shape index (κ2) is 13.3. The molecule has 4 heterocycles. The van der Waals surface area contributed by atoms with Crippen LogP contribution in [0.1, 0.15) is 28.9 Å². The number of hydrogen-bond donors (Lipinski definition) is 0. The van der Waals surface area contributed by atoms with Crippen molar-refractivity contribution >= 4 is 16.7 Å². The van der Waals surface area contributed by atoms with Gasteiger partial charge in [-0.25, -0.2) is 4.39 Å². The molecule has 1 aliphatic rings. The number of pyridine rings is 3. The molecule has 0 radical (unpaired) electrons. The zero-order valence-corrected chi connectivity index (χ0v) is 25.0. The van der Waals surface area contributed by atoms with Crippen LogP contribution in [0.15, 0.2) is 84.2 Å². The van der Waals surface area contributed by atoms with Gasteiger partial charge in [-0.05, 0) is 60.7 Å². The van der Waals surface area contributed by atoms with E-state index in [0.717, 1.165) is 18.2 Å². The predicted octanol–water partition coefficient (Wildman–Crippen LogP) is 6.26. The normalized spacial score (nSPS) is 13.5. The number of Topliss-reactive ketones (excluding diaryl/α,β-unsaturated/α-hetero) is 1. The van der Waals surface area contributed by atoms with Crippen LogP contribution in [0, 0.1) is 11.7 Å². The van der Waals surface area contributed by atoms with Crippen LogP contribution in [0.4, 0.5) is 4.39 Å². The van der Waals surface area contributed by atoms with E-state index in [1.807, 2.05) is 4.57 Å². The summed E-state index contributed by atoms with van der Waals surface area (Å²) in [6, 6.07) is 14.5. The fourth-order valence-corrected chi connectivity index (χ4v) is 5.50. The van der Waals surface area contributed by atoms with Gasteiger partial charge < -0.3 is 23.5 Å². The molecule has 0 amide bonds. The first-order valence-corrected chi connectivity index (χ1v) is 14.7. The third-order valence-corrected chi connectivity index (χ3v) is 7.92. The lowest BCUT2D eigenvalue weighted by Gasteiger charge is -2.23. The van der Waals surface area contributed by atoms with Crippen molar-refractivity contribution in [1.29, 1.82) is 0 Å². The number of hydrogen-bond acceptors (Lipinski definition) is 8. The number of ether oxygens (including phenoxy) is 4. The second-order valence-electron chi connectivity index (χ2n) is 10.9. The molecule has 0 aliphatic carbocycles. The van der Waals surface area contributed by atoms with Gasteiger partial charge in [-0.1, -0.05) is 12.1 Å². The summed E-state index contributed by atoms with van der Waals surface area (Å²) < 4.78 is 38.0. The first kappa shape index (κ1) is 30.0. The van der Waals surface area contributed by atoms with Gasteiger partial charge in [0.1, 0.15) is 17.3 Å². The number of aromatic nitrogens is 3. The summed E-state index contributed by atoms with van der Waals surface area (Å²) in [7, 11) is 3.12. The molecule has 230 valence electrons. The number of nitrogens with zero attached hydrogens (tertiary/aromatic N) is 3. The SMILES string of the molecule is COc1cc2nccc(Oc3ccc(CC(=O)c4cn(CC5CCOCC5)cc(-c5ccc(F)cc5)c4=O)nc3)c2cc1OC. The van der Waals surface area contributed by atoms with Crippen LogP contribution in [0.2, 0.25) is 0 Å². The van der Waals surface area contributed by atoms with E-state index in [1.165, 1.54) is 18.3 Å². The van der Waals surface area contributed by atoms with Crippen LogP contribution < -0.4 is 19.6 Å². The third-order valence-electron chi connectivity index (χ3n) is 7.92. The Morgan fingerprint density at radius 3 is 2.42 bits per heavy atom. The van der Waals surface area contributed by atoms with Crippen molar-refractivity contribution in [3.63, 3.8) is 0 Å². The molecule has 2 aromatic carbocycles. The van der Waals surface area contributed by atoms with Crippen molar-refractivity contribution in [1.82, 2.24) is 14.5 Å². The smallest absolute Gasteiger partial charge is 0.200 e. The number of fused-ring (bicyclic) bond motifs is 1. The van der Waals surface area contributed by atoms with E-state index in [-0.39, 0.29) is 17.8 Å². The lowest BCUT2D eigenvalue weighted by Crippen LogP contribution is -2.25. The minimum atomic E-state index is -0.399. The van der Waals surface area contributed by atoms with Gasteiger partial charge >= 0.3 is 0 Å². The Labute approximate surface area is 259 Å². The van der Waals surface area contributed by atoms with Gasteiger partial charge in [0.15, 0.2) is 22.7 Å². The molecule has 9 nitrogen and oxygen atoms in total. The number of ketones is 1. The summed E-state index contributed by atoms with van der Waals surface area (Å²) in [5.41, 5.74) is 1.73. The monoisotopic (exact) mass is 609 g/mol. The van der Waals surface area contributed by atoms with E-state index in [2.05, 4.69) is 9.97 Å². The Balaban J connectivity index is 1.24. The number of carbonyl (C=O) groups is 1. The highest BCUT2D eigenvalue weighted by molar-refractivity contribution is 5.98. The largest absolute Gasteiger partial charge is 0.493 e. The first-order chi connectivity index (χ1) is 21.9. The molecule has 10 heteroatoms. The predicted molar refractivity (Wildman–Crippen MR) is 167 cm³/mol. The molecule has 0 spiro atoms. The number of carbonyl (C=O) groups excluding carboxylic acids is 1. The van der Waals surface area contributed by atoms with Gasteiger partial charge in [0.25, 0.3) is 0 Å². The summed E-state index contributed by atoms with van der Waals surface area (Å²) in [6.07, 6.45) is 8.28. The highest BCUT2D eigenvalue weighted by Gasteiger charge is 2.20. The highest BCUT2D eigenvalue weighted by Crippen LogP contribution is 2.36. The highest BCUT2D eigenvalue weighted by atomic mass is 19.1. The Hall–Kier alpha value is -5.09. The summed E-state index contributed by atoms with van der Waals surface area (Å²) in [5.74, 6) is 1.73. The maximum Gasteiger partial charge on any atom is 0.200 e. The quantitative estimate of drug-likeness (QED) is 0.171.